The lowest BCUT2D eigenvalue weighted by molar-refractivity contribution is -0.384. The second kappa shape index (κ2) is 6.75. The summed E-state index contributed by atoms with van der Waals surface area (Å²) in [7, 11) is 0. The minimum absolute atomic E-state index is 0.0653. The maximum atomic E-state index is 13.0. The van der Waals surface area contributed by atoms with Gasteiger partial charge in [-0.05, 0) is 36.8 Å². The molecule has 4 rings (SSSR count). The number of amides is 1. The maximum absolute atomic E-state index is 13.0. The number of carbonyl (C=O) groups excluding carboxylic acids is 2. The first-order chi connectivity index (χ1) is 13.9. The minimum atomic E-state index is -1.08. The van der Waals surface area contributed by atoms with E-state index in [2.05, 4.69) is 5.16 Å². The van der Waals surface area contributed by atoms with Gasteiger partial charge in [0.25, 0.3) is 11.6 Å². The van der Waals surface area contributed by atoms with Gasteiger partial charge in [-0.3, -0.25) is 24.6 Å². The summed E-state index contributed by atoms with van der Waals surface area (Å²) in [5, 5.41) is 25.3. The molecule has 1 aromatic carbocycles. The van der Waals surface area contributed by atoms with Crippen molar-refractivity contribution in [3.8, 4) is 0 Å². The fourth-order valence-electron chi connectivity index (χ4n) is 3.17. The van der Waals surface area contributed by atoms with Crippen LogP contribution in [0.25, 0.3) is 0 Å². The van der Waals surface area contributed by atoms with Crippen LogP contribution in [0.5, 0.6) is 0 Å². The van der Waals surface area contributed by atoms with Crippen molar-refractivity contribution < 1.29 is 28.6 Å². The van der Waals surface area contributed by atoms with Crippen LogP contribution >= 0.6 is 0 Å². The van der Waals surface area contributed by atoms with Crippen LogP contribution in [0.4, 0.5) is 11.5 Å². The molecule has 29 heavy (non-hydrogen) atoms. The van der Waals surface area contributed by atoms with Gasteiger partial charge in [-0.2, -0.15) is 0 Å². The highest BCUT2D eigenvalue weighted by Gasteiger charge is 2.46. The Morgan fingerprint density at radius 1 is 1.28 bits per heavy atom. The molecule has 1 aliphatic heterocycles. The Hall–Kier alpha value is -4.21. The summed E-state index contributed by atoms with van der Waals surface area (Å²) < 4.78 is 10.1. The van der Waals surface area contributed by atoms with Crippen molar-refractivity contribution >= 4 is 23.2 Å². The first kappa shape index (κ1) is 18.2. The van der Waals surface area contributed by atoms with E-state index in [9.17, 15) is 24.8 Å². The van der Waals surface area contributed by atoms with E-state index in [4.69, 9.17) is 8.94 Å². The number of nitro groups is 1. The number of aliphatic hydroxyl groups is 1. The summed E-state index contributed by atoms with van der Waals surface area (Å²) in [5.41, 5.74) is -0.0166. The normalized spacial score (nSPS) is 16.5. The quantitative estimate of drug-likeness (QED) is 0.394. The van der Waals surface area contributed by atoms with Gasteiger partial charge in [0.2, 0.25) is 5.78 Å². The summed E-state index contributed by atoms with van der Waals surface area (Å²) >= 11 is 0. The molecule has 1 N–H and O–H groups in total. The lowest BCUT2D eigenvalue weighted by Crippen LogP contribution is -2.31. The lowest BCUT2D eigenvalue weighted by atomic mass is 9.95. The number of benzene rings is 1. The van der Waals surface area contributed by atoms with E-state index in [1.54, 1.807) is 6.92 Å². The van der Waals surface area contributed by atoms with Crippen LogP contribution in [0.15, 0.2) is 69.0 Å². The standard InChI is InChI=1S/C19H13N3O7/c1-10-9-14(20-29-10)21-16(11-4-6-12(7-5-11)22(26)27)15(18(24)19(21)25)17(23)13-3-2-8-28-13/h2-9,16,24H,1H3/t16-/m1/s1. The first-order valence-corrected chi connectivity index (χ1v) is 8.41. The number of aromatic nitrogens is 1. The molecule has 0 unspecified atom stereocenters. The number of nitrogens with zero attached hydrogens (tertiary/aromatic N) is 3. The van der Waals surface area contributed by atoms with E-state index in [0.717, 1.165) is 4.90 Å². The van der Waals surface area contributed by atoms with Gasteiger partial charge in [0.05, 0.1) is 22.8 Å². The fraction of sp³-hybridized carbons (Fsp3) is 0.105. The highest BCUT2D eigenvalue weighted by Crippen LogP contribution is 2.41. The monoisotopic (exact) mass is 395 g/mol. The second-order valence-electron chi connectivity index (χ2n) is 6.29. The van der Waals surface area contributed by atoms with Crippen molar-refractivity contribution in [2.24, 2.45) is 0 Å². The largest absolute Gasteiger partial charge is 0.503 e. The van der Waals surface area contributed by atoms with Gasteiger partial charge in [0, 0.05) is 18.2 Å². The molecule has 1 atom stereocenters. The molecule has 0 radical (unpaired) electrons. The third kappa shape index (κ3) is 2.96. The Balaban J connectivity index is 1.86. The number of non-ortho nitro benzene ring substituents is 1. The van der Waals surface area contributed by atoms with Gasteiger partial charge < -0.3 is 14.0 Å². The number of carbonyl (C=O) groups is 2. The van der Waals surface area contributed by atoms with Gasteiger partial charge in [0.15, 0.2) is 17.3 Å². The van der Waals surface area contributed by atoms with Gasteiger partial charge in [-0.1, -0.05) is 5.16 Å². The number of Topliss-reactive ketones (excluding diaryl/α,β-unsaturated/α-hetero) is 1. The Morgan fingerprint density at radius 2 is 2.00 bits per heavy atom. The molecule has 10 nitrogen and oxygen atoms in total. The molecule has 146 valence electrons. The zero-order valence-electron chi connectivity index (χ0n) is 14.9. The number of aryl methyl sites for hydroxylation is 1. The van der Waals surface area contributed by atoms with Crippen LogP contribution in [0, 0.1) is 17.0 Å². The molecular formula is C19H13N3O7. The van der Waals surface area contributed by atoms with Crippen molar-refractivity contribution in [2.45, 2.75) is 13.0 Å². The van der Waals surface area contributed by atoms with E-state index in [0.29, 0.717) is 11.3 Å². The molecule has 2 aromatic heterocycles. The Morgan fingerprint density at radius 3 is 2.55 bits per heavy atom. The highest BCUT2D eigenvalue weighted by atomic mass is 16.6. The maximum Gasteiger partial charge on any atom is 0.295 e. The molecule has 0 saturated carbocycles. The van der Waals surface area contributed by atoms with Crippen molar-refractivity contribution in [2.75, 3.05) is 4.90 Å². The highest BCUT2D eigenvalue weighted by molar-refractivity contribution is 6.19. The summed E-state index contributed by atoms with van der Waals surface area (Å²) in [6.45, 7) is 1.63. The van der Waals surface area contributed by atoms with E-state index in [-0.39, 0.29) is 22.8 Å². The molecule has 0 aliphatic carbocycles. The Labute approximate surface area is 162 Å². The molecule has 1 amide bonds. The van der Waals surface area contributed by atoms with E-state index in [1.807, 2.05) is 0 Å². The third-order valence-electron chi connectivity index (χ3n) is 4.48. The second-order valence-corrected chi connectivity index (χ2v) is 6.29. The minimum Gasteiger partial charge on any atom is -0.503 e. The van der Waals surface area contributed by atoms with Crippen LogP contribution in [-0.2, 0) is 4.79 Å². The molecule has 0 spiro atoms. The van der Waals surface area contributed by atoms with E-state index < -0.39 is 28.4 Å². The van der Waals surface area contributed by atoms with Crippen LogP contribution in [0.3, 0.4) is 0 Å². The number of aliphatic hydroxyl groups excluding tert-OH is 1. The Bertz CT molecular complexity index is 1140. The zero-order chi connectivity index (χ0) is 20.7. The average molecular weight is 395 g/mol. The van der Waals surface area contributed by atoms with Crippen LogP contribution in [-0.4, -0.2) is 26.9 Å². The number of nitro benzene ring substituents is 1. The van der Waals surface area contributed by atoms with Crippen molar-refractivity contribution in [1.29, 1.82) is 0 Å². The molecule has 0 bridgehead atoms. The van der Waals surface area contributed by atoms with Crippen molar-refractivity contribution in [3.05, 3.63) is 87.3 Å². The van der Waals surface area contributed by atoms with Crippen LogP contribution < -0.4 is 4.90 Å². The lowest BCUT2D eigenvalue weighted by Gasteiger charge is -2.24. The van der Waals surface area contributed by atoms with Crippen LogP contribution in [0.1, 0.15) is 27.9 Å². The van der Waals surface area contributed by atoms with Crippen molar-refractivity contribution in [1.82, 2.24) is 5.16 Å². The molecular weight excluding hydrogens is 382 g/mol. The summed E-state index contributed by atoms with van der Waals surface area (Å²) in [5.74, 6) is -1.85. The van der Waals surface area contributed by atoms with E-state index in [1.165, 1.54) is 48.7 Å². The van der Waals surface area contributed by atoms with Crippen LogP contribution in [0.2, 0.25) is 0 Å². The number of rotatable bonds is 5. The fourth-order valence-corrected chi connectivity index (χ4v) is 3.17. The van der Waals surface area contributed by atoms with Gasteiger partial charge in [-0.25, -0.2) is 0 Å². The van der Waals surface area contributed by atoms with E-state index >= 15 is 0 Å². The third-order valence-corrected chi connectivity index (χ3v) is 4.48. The molecule has 0 saturated heterocycles. The number of ketones is 1. The molecule has 0 fully saturated rings. The van der Waals surface area contributed by atoms with Gasteiger partial charge in [0.1, 0.15) is 5.76 Å². The number of hydrogen-bond donors (Lipinski definition) is 1. The topological polar surface area (TPSA) is 140 Å². The first-order valence-electron chi connectivity index (χ1n) is 8.41. The molecule has 3 aromatic rings. The average Bonchev–Trinajstić information content (AvgIpc) is 3.43. The molecule has 3 heterocycles. The number of furan rings is 1. The Kier molecular flexibility index (Phi) is 4.23. The molecule has 1 aliphatic rings. The zero-order valence-corrected chi connectivity index (χ0v) is 14.9. The smallest absolute Gasteiger partial charge is 0.295 e. The van der Waals surface area contributed by atoms with Crippen molar-refractivity contribution in [3.63, 3.8) is 0 Å². The summed E-state index contributed by atoms with van der Waals surface area (Å²) in [6.07, 6.45) is 1.29. The number of hydrogen-bond acceptors (Lipinski definition) is 8. The SMILES string of the molecule is Cc1cc(N2C(=O)C(O)=C(C(=O)c3ccco3)[C@H]2c2ccc([N+](=O)[O-])cc2)no1. The van der Waals surface area contributed by atoms with Gasteiger partial charge >= 0.3 is 0 Å². The predicted molar refractivity (Wildman–Crippen MR) is 97.3 cm³/mol. The number of anilines is 1. The van der Waals surface area contributed by atoms with Gasteiger partial charge in [-0.15, -0.1) is 0 Å². The molecule has 10 heteroatoms. The summed E-state index contributed by atoms with van der Waals surface area (Å²) in [6, 6.07) is 8.61. The summed E-state index contributed by atoms with van der Waals surface area (Å²) in [4.78, 5) is 37.3. The predicted octanol–water partition coefficient (Wildman–Crippen LogP) is 3.27.